The first kappa shape index (κ1) is 15.9. The van der Waals surface area contributed by atoms with Crippen LogP contribution in [0.25, 0.3) is 21.9 Å². The summed E-state index contributed by atoms with van der Waals surface area (Å²) in [6, 6.07) is 7.99. The van der Waals surface area contributed by atoms with E-state index in [9.17, 15) is 4.79 Å². The van der Waals surface area contributed by atoms with Crippen LogP contribution in [0.5, 0.6) is 0 Å². The van der Waals surface area contributed by atoms with Crippen LogP contribution < -0.4 is 10.6 Å². The topological polar surface area (TPSA) is 66.9 Å². The summed E-state index contributed by atoms with van der Waals surface area (Å²) in [6.45, 7) is 6.54. The number of hydrogen-bond donors (Lipinski definition) is 2. The first-order valence-corrected chi connectivity index (χ1v) is 7.94. The van der Waals surface area contributed by atoms with Crippen molar-refractivity contribution in [2.24, 2.45) is 0 Å². The highest BCUT2D eigenvalue weighted by Gasteiger charge is 2.07. The minimum absolute atomic E-state index is 0.250. The highest BCUT2D eigenvalue weighted by Crippen LogP contribution is 2.28. The average Bonchev–Trinajstić information content (AvgIpc) is 2.54. The highest BCUT2D eigenvalue weighted by molar-refractivity contribution is 5.94. The van der Waals surface area contributed by atoms with Gasteiger partial charge in [0.05, 0.1) is 0 Å². The standard InChI is InChI=1S/C19H20N4O/c1-4-21-19(24)23-18-8-15-7-14(6-13(3)17(15)11-22-18)16-5-12(2)9-20-10-16/h5-11H,4H2,1-3H3,(H2,21,22,23,24). The molecular formula is C19H20N4O. The Bertz CT molecular complexity index is 905. The van der Waals surface area contributed by atoms with Crippen LogP contribution in [0, 0.1) is 13.8 Å². The van der Waals surface area contributed by atoms with Crippen molar-refractivity contribution in [3.8, 4) is 11.1 Å². The molecule has 0 spiro atoms. The summed E-state index contributed by atoms with van der Waals surface area (Å²) in [5.41, 5.74) is 4.45. The van der Waals surface area contributed by atoms with Crippen molar-refractivity contribution in [1.29, 1.82) is 0 Å². The SMILES string of the molecule is CCNC(=O)Nc1cc2cc(-c3cncc(C)c3)cc(C)c2cn1. The molecule has 0 saturated carbocycles. The number of aromatic nitrogens is 2. The van der Waals surface area contributed by atoms with Crippen molar-refractivity contribution in [3.63, 3.8) is 0 Å². The van der Waals surface area contributed by atoms with Crippen molar-refractivity contribution in [2.75, 3.05) is 11.9 Å². The number of urea groups is 1. The molecule has 2 N–H and O–H groups in total. The molecule has 1 aromatic carbocycles. The third kappa shape index (κ3) is 3.35. The number of carbonyl (C=O) groups is 1. The number of hydrogen-bond acceptors (Lipinski definition) is 3. The summed E-state index contributed by atoms with van der Waals surface area (Å²) in [5.74, 6) is 0.535. The molecule has 5 nitrogen and oxygen atoms in total. The van der Waals surface area contributed by atoms with Gasteiger partial charge in [-0.1, -0.05) is 6.07 Å². The number of nitrogens with zero attached hydrogens (tertiary/aromatic N) is 2. The molecular weight excluding hydrogens is 300 g/mol. The van der Waals surface area contributed by atoms with Gasteiger partial charge in [0.25, 0.3) is 0 Å². The molecule has 0 aliphatic heterocycles. The van der Waals surface area contributed by atoms with E-state index >= 15 is 0 Å². The van der Waals surface area contributed by atoms with E-state index in [1.165, 1.54) is 0 Å². The lowest BCUT2D eigenvalue weighted by Gasteiger charge is -2.10. The number of pyridine rings is 2. The van der Waals surface area contributed by atoms with Gasteiger partial charge in [-0.2, -0.15) is 0 Å². The van der Waals surface area contributed by atoms with Crippen LogP contribution in [0.2, 0.25) is 0 Å². The Morgan fingerprint density at radius 1 is 1.04 bits per heavy atom. The van der Waals surface area contributed by atoms with Crippen LogP contribution in [0.4, 0.5) is 10.6 Å². The third-order valence-corrected chi connectivity index (χ3v) is 3.83. The van der Waals surface area contributed by atoms with Gasteiger partial charge in [-0.25, -0.2) is 9.78 Å². The molecule has 2 amide bonds. The summed E-state index contributed by atoms with van der Waals surface area (Å²) in [7, 11) is 0. The molecule has 5 heteroatoms. The number of fused-ring (bicyclic) bond motifs is 1. The number of aryl methyl sites for hydroxylation is 2. The minimum atomic E-state index is -0.250. The maximum atomic E-state index is 11.7. The van der Waals surface area contributed by atoms with E-state index in [0.717, 1.165) is 33.0 Å². The second-order valence-corrected chi connectivity index (χ2v) is 5.82. The molecule has 0 aliphatic carbocycles. The Kier molecular flexibility index (Phi) is 4.42. The maximum absolute atomic E-state index is 11.7. The van der Waals surface area contributed by atoms with E-state index in [1.54, 1.807) is 6.20 Å². The number of nitrogens with one attached hydrogen (secondary N) is 2. The van der Waals surface area contributed by atoms with E-state index in [4.69, 9.17) is 0 Å². The zero-order chi connectivity index (χ0) is 17.1. The lowest BCUT2D eigenvalue weighted by Crippen LogP contribution is -2.28. The molecule has 24 heavy (non-hydrogen) atoms. The summed E-state index contributed by atoms with van der Waals surface area (Å²) < 4.78 is 0. The molecule has 0 atom stereocenters. The predicted molar refractivity (Wildman–Crippen MR) is 97.1 cm³/mol. The number of benzene rings is 1. The highest BCUT2D eigenvalue weighted by atomic mass is 16.2. The Hall–Kier alpha value is -2.95. The molecule has 0 aliphatic rings. The van der Waals surface area contributed by atoms with Gasteiger partial charge in [-0.05, 0) is 61.0 Å². The predicted octanol–water partition coefficient (Wildman–Crippen LogP) is 4.06. The van der Waals surface area contributed by atoms with Crippen LogP contribution in [-0.4, -0.2) is 22.5 Å². The van der Waals surface area contributed by atoms with Gasteiger partial charge in [-0.3, -0.25) is 10.3 Å². The second-order valence-electron chi connectivity index (χ2n) is 5.82. The summed E-state index contributed by atoms with van der Waals surface area (Å²) >= 11 is 0. The number of anilines is 1. The Balaban J connectivity index is 2.03. The van der Waals surface area contributed by atoms with Crippen molar-refractivity contribution in [2.45, 2.75) is 20.8 Å². The monoisotopic (exact) mass is 320 g/mol. The van der Waals surface area contributed by atoms with E-state index in [0.29, 0.717) is 12.4 Å². The van der Waals surface area contributed by atoms with E-state index in [1.807, 2.05) is 32.3 Å². The number of rotatable bonds is 3. The Morgan fingerprint density at radius 3 is 2.62 bits per heavy atom. The second kappa shape index (κ2) is 6.66. The fraction of sp³-hybridized carbons (Fsp3) is 0.211. The van der Waals surface area contributed by atoms with Gasteiger partial charge >= 0.3 is 6.03 Å². The Labute approximate surface area is 141 Å². The quantitative estimate of drug-likeness (QED) is 0.765. The molecule has 0 unspecified atom stereocenters. The van der Waals surface area contributed by atoms with Crippen molar-refractivity contribution in [1.82, 2.24) is 15.3 Å². The molecule has 2 heterocycles. The minimum Gasteiger partial charge on any atom is -0.338 e. The first-order chi connectivity index (χ1) is 11.6. The zero-order valence-electron chi connectivity index (χ0n) is 14.1. The molecule has 2 aromatic heterocycles. The summed E-state index contributed by atoms with van der Waals surface area (Å²) in [6.07, 6.45) is 5.50. The van der Waals surface area contributed by atoms with Gasteiger partial charge in [0.15, 0.2) is 0 Å². The van der Waals surface area contributed by atoms with Gasteiger partial charge in [0.1, 0.15) is 5.82 Å². The van der Waals surface area contributed by atoms with Crippen LogP contribution in [-0.2, 0) is 0 Å². The molecule has 0 bridgehead atoms. The zero-order valence-corrected chi connectivity index (χ0v) is 14.1. The van der Waals surface area contributed by atoms with Crippen LogP contribution in [0.1, 0.15) is 18.1 Å². The van der Waals surface area contributed by atoms with Crippen LogP contribution in [0.15, 0.2) is 42.9 Å². The summed E-state index contributed by atoms with van der Waals surface area (Å²) in [5, 5.41) is 7.55. The van der Waals surface area contributed by atoms with Crippen LogP contribution in [0.3, 0.4) is 0 Å². The Morgan fingerprint density at radius 2 is 1.88 bits per heavy atom. The van der Waals surface area contributed by atoms with E-state index in [2.05, 4.69) is 45.7 Å². The summed E-state index contributed by atoms with van der Waals surface area (Å²) in [4.78, 5) is 20.3. The third-order valence-electron chi connectivity index (χ3n) is 3.83. The number of amides is 2. The lowest BCUT2D eigenvalue weighted by atomic mass is 9.99. The fourth-order valence-electron chi connectivity index (χ4n) is 2.71. The molecule has 0 fully saturated rings. The normalized spacial score (nSPS) is 10.6. The average molecular weight is 320 g/mol. The molecule has 122 valence electrons. The van der Waals surface area contributed by atoms with Gasteiger partial charge in [0, 0.05) is 36.1 Å². The first-order valence-electron chi connectivity index (χ1n) is 7.94. The molecule has 0 radical (unpaired) electrons. The van der Waals surface area contributed by atoms with Crippen molar-refractivity contribution >= 4 is 22.6 Å². The molecule has 3 rings (SSSR count). The van der Waals surface area contributed by atoms with E-state index in [-0.39, 0.29) is 6.03 Å². The van der Waals surface area contributed by atoms with Crippen molar-refractivity contribution in [3.05, 3.63) is 54.0 Å². The number of carbonyl (C=O) groups excluding carboxylic acids is 1. The van der Waals surface area contributed by atoms with Gasteiger partial charge in [-0.15, -0.1) is 0 Å². The van der Waals surface area contributed by atoms with Gasteiger partial charge in [0.2, 0.25) is 0 Å². The van der Waals surface area contributed by atoms with E-state index < -0.39 is 0 Å². The fourth-order valence-corrected chi connectivity index (χ4v) is 2.71. The smallest absolute Gasteiger partial charge is 0.320 e. The lowest BCUT2D eigenvalue weighted by molar-refractivity contribution is 0.252. The molecule has 0 saturated heterocycles. The maximum Gasteiger partial charge on any atom is 0.320 e. The van der Waals surface area contributed by atoms with Crippen molar-refractivity contribution < 1.29 is 4.79 Å². The largest absolute Gasteiger partial charge is 0.338 e. The van der Waals surface area contributed by atoms with Gasteiger partial charge < -0.3 is 5.32 Å². The van der Waals surface area contributed by atoms with Crippen LogP contribution >= 0.6 is 0 Å². The molecule has 3 aromatic rings.